The van der Waals surface area contributed by atoms with Gasteiger partial charge in [-0.2, -0.15) is 0 Å². The van der Waals surface area contributed by atoms with Gasteiger partial charge in [0.2, 0.25) is 0 Å². The lowest BCUT2D eigenvalue weighted by Gasteiger charge is -2.39. The maximum Gasteiger partial charge on any atom is 0.251 e. The number of morpholine rings is 1. The van der Waals surface area contributed by atoms with Gasteiger partial charge in [-0.15, -0.1) is 0 Å². The molecule has 25 heavy (non-hydrogen) atoms. The molecule has 0 saturated carbocycles. The van der Waals surface area contributed by atoms with Crippen molar-refractivity contribution in [3.05, 3.63) is 35.4 Å². The average molecular weight is 348 g/mol. The first-order valence-electron chi connectivity index (χ1n) is 9.53. The molecule has 1 atom stereocenters. The molecule has 1 aromatic carbocycles. The minimum Gasteiger partial charge on any atom is -0.379 e. The minimum atomic E-state index is -0.0411. The van der Waals surface area contributed by atoms with Crippen LogP contribution in [0.5, 0.6) is 0 Å². The molecule has 1 fully saturated rings. The summed E-state index contributed by atoms with van der Waals surface area (Å²) in [5.41, 5.74) is 1.91. The number of amides is 1. The van der Waals surface area contributed by atoms with Gasteiger partial charge in [0.15, 0.2) is 0 Å². The fraction of sp³-hybridized carbons (Fsp3) is 0.650. The molecule has 5 nitrogen and oxygen atoms in total. The van der Waals surface area contributed by atoms with E-state index in [1.165, 1.54) is 18.4 Å². The number of nitrogens with zero attached hydrogens (tertiary/aromatic N) is 1. The predicted octanol–water partition coefficient (Wildman–Crippen LogP) is 2.27. The molecule has 1 aromatic rings. The van der Waals surface area contributed by atoms with Crippen LogP contribution < -0.4 is 10.6 Å². The summed E-state index contributed by atoms with van der Waals surface area (Å²) in [5.74, 6) is 0.668. The highest BCUT2D eigenvalue weighted by molar-refractivity contribution is 5.93. The van der Waals surface area contributed by atoms with Crippen LogP contribution in [0, 0.1) is 5.92 Å². The number of benzene rings is 1. The second-order valence-electron chi connectivity index (χ2n) is 6.70. The van der Waals surface area contributed by atoms with Crippen LogP contribution in [0.1, 0.15) is 42.6 Å². The second kappa shape index (κ2) is 10.5. The molecule has 2 rings (SSSR count). The number of hydrogen-bond acceptors (Lipinski definition) is 4. The first kappa shape index (κ1) is 19.9. The van der Waals surface area contributed by atoms with E-state index >= 15 is 0 Å². The van der Waals surface area contributed by atoms with Gasteiger partial charge in [-0.3, -0.25) is 9.69 Å². The molecule has 140 valence electrons. The zero-order valence-corrected chi connectivity index (χ0v) is 15.9. The van der Waals surface area contributed by atoms with Gasteiger partial charge < -0.3 is 15.4 Å². The highest BCUT2D eigenvalue weighted by Crippen LogP contribution is 2.19. The van der Waals surface area contributed by atoms with Crippen LogP contribution in [0.3, 0.4) is 0 Å². The number of carbonyl (C=O) groups is 1. The van der Waals surface area contributed by atoms with E-state index in [1.807, 2.05) is 24.3 Å². The van der Waals surface area contributed by atoms with Gasteiger partial charge in [-0.05, 0) is 23.6 Å². The van der Waals surface area contributed by atoms with Crippen molar-refractivity contribution in [3.8, 4) is 0 Å². The number of rotatable bonds is 9. The third-order valence-corrected chi connectivity index (χ3v) is 5.23. The molecule has 1 aliphatic rings. The Morgan fingerprint density at radius 2 is 1.80 bits per heavy atom. The van der Waals surface area contributed by atoms with E-state index in [2.05, 4.69) is 29.4 Å². The quantitative estimate of drug-likeness (QED) is 0.720. The first-order chi connectivity index (χ1) is 12.2. The zero-order chi connectivity index (χ0) is 18.1. The lowest BCUT2D eigenvalue weighted by atomic mass is 9.92. The molecule has 0 aromatic heterocycles. The molecular formula is C20H33N3O2. The van der Waals surface area contributed by atoms with Gasteiger partial charge in [-0.25, -0.2) is 0 Å². The lowest BCUT2D eigenvalue weighted by Crippen LogP contribution is -2.51. The number of carbonyl (C=O) groups excluding carboxylic acids is 1. The highest BCUT2D eigenvalue weighted by Gasteiger charge is 2.26. The van der Waals surface area contributed by atoms with Crippen LogP contribution >= 0.6 is 0 Å². The highest BCUT2D eigenvalue weighted by atomic mass is 16.5. The number of ether oxygens (including phenoxy) is 1. The SMILES string of the molecule is CCC(CC)C(CNCc1ccc(C(=O)NC)cc1)N1CCOCC1. The molecule has 0 radical (unpaired) electrons. The normalized spacial score (nSPS) is 16.8. The van der Waals surface area contributed by atoms with Gasteiger partial charge in [0.25, 0.3) is 5.91 Å². The molecule has 1 heterocycles. The summed E-state index contributed by atoms with van der Waals surface area (Å²) in [4.78, 5) is 14.2. The van der Waals surface area contributed by atoms with Crippen LogP contribution in [0.2, 0.25) is 0 Å². The lowest BCUT2D eigenvalue weighted by molar-refractivity contribution is 0.00161. The van der Waals surface area contributed by atoms with Crippen molar-refractivity contribution in [2.45, 2.75) is 39.3 Å². The smallest absolute Gasteiger partial charge is 0.251 e. The summed E-state index contributed by atoms with van der Waals surface area (Å²) in [6, 6.07) is 8.38. The monoisotopic (exact) mass is 347 g/mol. The Balaban J connectivity index is 1.90. The summed E-state index contributed by atoms with van der Waals surface area (Å²) in [7, 11) is 1.65. The maximum atomic E-state index is 11.6. The molecule has 1 aliphatic heterocycles. The fourth-order valence-corrected chi connectivity index (χ4v) is 3.62. The van der Waals surface area contributed by atoms with Crippen LogP contribution in [0.4, 0.5) is 0 Å². The van der Waals surface area contributed by atoms with Crippen LogP contribution in [0.15, 0.2) is 24.3 Å². The molecule has 1 amide bonds. The summed E-state index contributed by atoms with van der Waals surface area (Å²) in [6.45, 7) is 10.2. The first-order valence-corrected chi connectivity index (χ1v) is 9.53. The Morgan fingerprint density at radius 1 is 1.16 bits per heavy atom. The van der Waals surface area contributed by atoms with Crippen LogP contribution in [-0.4, -0.2) is 56.7 Å². The van der Waals surface area contributed by atoms with Crippen LogP contribution in [0.25, 0.3) is 0 Å². The van der Waals surface area contributed by atoms with Gasteiger partial charge in [0.1, 0.15) is 0 Å². The Hall–Kier alpha value is -1.43. The van der Waals surface area contributed by atoms with Crippen molar-refractivity contribution in [1.82, 2.24) is 15.5 Å². The number of hydrogen-bond donors (Lipinski definition) is 2. The third-order valence-electron chi connectivity index (χ3n) is 5.23. The van der Waals surface area contributed by atoms with Crippen molar-refractivity contribution in [1.29, 1.82) is 0 Å². The summed E-state index contributed by atoms with van der Waals surface area (Å²) in [5, 5.41) is 6.28. The average Bonchev–Trinajstić information content (AvgIpc) is 2.68. The van der Waals surface area contributed by atoms with E-state index in [1.54, 1.807) is 7.05 Å². The Morgan fingerprint density at radius 3 is 2.36 bits per heavy atom. The van der Waals surface area contributed by atoms with E-state index in [0.29, 0.717) is 17.5 Å². The molecule has 2 N–H and O–H groups in total. The fourth-order valence-electron chi connectivity index (χ4n) is 3.62. The third kappa shape index (κ3) is 5.80. The predicted molar refractivity (Wildman–Crippen MR) is 102 cm³/mol. The number of nitrogens with one attached hydrogen (secondary N) is 2. The zero-order valence-electron chi connectivity index (χ0n) is 15.9. The van der Waals surface area contributed by atoms with Crippen LogP contribution in [-0.2, 0) is 11.3 Å². The molecule has 1 unspecified atom stereocenters. The topological polar surface area (TPSA) is 53.6 Å². The van der Waals surface area contributed by atoms with E-state index in [9.17, 15) is 4.79 Å². The molecule has 0 spiro atoms. The molecule has 0 aliphatic carbocycles. The summed E-state index contributed by atoms with van der Waals surface area (Å²) < 4.78 is 5.52. The maximum absolute atomic E-state index is 11.6. The Kier molecular flexibility index (Phi) is 8.38. The van der Waals surface area contributed by atoms with Gasteiger partial charge in [-0.1, -0.05) is 38.8 Å². The Bertz CT molecular complexity index is 508. The Labute approximate surface area is 152 Å². The standard InChI is InChI=1S/C20H33N3O2/c1-4-17(5-2)19(23-10-12-25-13-11-23)15-22-14-16-6-8-18(9-7-16)20(24)21-3/h6-9,17,19,22H,4-5,10-15H2,1-3H3,(H,21,24). The van der Waals surface area contributed by atoms with Gasteiger partial charge in [0, 0.05) is 44.8 Å². The minimum absolute atomic E-state index is 0.0411. The van der Waals surface area contributed by atoms with E-state index in [4.69, 9.17) is 4.74 Å². The van der Waals surface area contributed by atoms with Gasteiger partial charge >= 0.3 is 0 Å². The van der Waals surface area contributed by atoms with Crippen molar-refractivity contribution in [2.24, 2.45) is 5.92 Å². The van der Waals surface area contributed by atoms with Crippen molar-refractivity contribution >= 4 is 5.91 Å². The van der Waals surface area contributed by atoms with Crippen molar-refractivity contribution in [3.63, 3.8) is 0 Å². The van der Waals surface area contributed by atoms with Crippen molar-refractivity contribution in [2.75, 3.05) is 39.9 Å². The van der Waals surface area contributed by atoms with Gasteiger partial charge in [0.05, 0.1) is 13.2 Å². The molecular weight excluding hydrogens is 314 g/mol. The largest absolute Gasteiger partial charge is 0.379 e. The van der Waals surface area contributed by atoms with E-state index < -0.39 is 0 Å². The van der Waals surface area contributed by atoms with E-state index in [-0.39, 0.29) is 5.91 Å². The molecule has 0 bridgehead atoms. The van der Waals surface area contributed by atoms with E-state index in [0.717, 1.165) is 39.4 Å². The second-order valence-corrected chi connectivity index (χ2v) is 6.70. The van der Waals surface area contributed by atoms with Crippen molar-refractivity contribution < 1.29 is 9.53 Å². The summed E-state index contributed by atoms with van der Waals surface area (Å²) >= 11 is 0. The molecule has 5 heteroatoms. The molecule has 1 saturated heterocycles. The summed E-state index contributed by atoms with van der Waals surface area (Å²) in [6.07, 6.45) is 2.42.